The van der Waals surface area contributed by atoms with Gasteiger partial charge in [0.05, 0.1) is 0 Å². The van der Waals surface area contributed by atoms with Gasteiger partial charge in [0.1, 0.15) is 0 Å². The van der Waals surface area contributed by atoms with Gasteiger partial charge in [-0.15, -0.1) is 12.4 Å². The van der Waals surface area contributed by atoms with Gasteiger partial charge in [0, 0.05) is 5.92 Å². The van der Waals surface area contributed by atoms with Gasteiger partial charge in [0.2, 0.25) is 5.24 Å². The second-order valence-electron chi connectivity index (χ2n) is 2.88. The van der Waals surface area contributed by atoms with E-state index in [1.54, 1.807) is 0 Å². The van der Waals surface area contributed by atoms with E-state index in [0.717, 1.165) is 25.9 Å². The molecule has 1 rings (SSSR count). The Kier molecular flexibility index (Phi) is 5.06. The first-order valence-electron chi connectivity index (χ1n) is 3.58. The second-order valence-corrected chi connectivity index (χ2v) is 3.25. The van der Waals surface area contributed by atoms with E-state index in [0.29, 0.717) is 0 Å². The van der Waals surface area contributed by atoms with Crippen molar-refractivity contribution in [2.24, 2.45) is 5.92 Å². The quantitative estimate of drug-likeness (QED) is 0.595. The normalized spacial score (nSPS) is 20.9. The van der Waals surface area contributed by atoms with Crippen LogP contribution in [0.15, 0.2) is 0 Å². The van der Waals surface area contributed by atoms with Gasteiger partial charge in [-0.2, -0.15) is 0 Å². The number of carbonyl (C=O) groups is 1. The number of nitrogens with zero attached hydrogens (tertiary/aromatic N) is 1. The highest BCUT2D eigenvalue weighted by atomic mass is 35.5. The Morgan fingerprint density at radius 3 is 2.27 bits per heavy atom. The third kappa shape index (κ3) is 3.41. The summed E-state index contributed by atoms with van der Waals surface area (Å²) in [4.78, 5) is 12.9. The Morgan fingerprint density at radius 2 is 1.91 bits per heavy atom. The van der Waals surface area contributed by atoms with Gasteiger partial charge in [0.25, 0.3) is 0 Å². The van der Waals surface area contributed by atoms with Crippen LogP contribution in [-0.2, 0) is 4.79 Å². The Balaban J connectivity index is 0.000001000. The standard InChI is InChI=1S/C7H12ClNO.ClH/c1-9-4-2-6(3-5-9)7(8)10;/h6H,2-5H2,1H3;1H. The van der Waals surface area contributed by atoms with E-state index in [2.05, 4.69) is 11.9 Å². The van der Waals surface area contributed by atoms with E-state index >= 15 is 0 Å². The zero-order valence-corrected chi connectivity index (χ0v) is 8.12. The second kappa shape index (κ2) is 4.96. The van der Waals surface area contributed by atoms with Crippen molar-refractivity contribution in [3.8, 4) is 0 Å². The van der Waals surface area contributed by atoms with Crippen molar-refractivity contribution in [1.82, 2.24) is 4.90 Å². The zero-order valence-electron chi connectivity index (χ0n) is 6.55. The maximum absolute atomic E-state index is 10.7. The Hall–Kier alpha value is 0.210. The van der Waals surface area contributed by atoms with Crippen LogP contribution < -0.4 is 0 Å². The van der Waals surface area contributed by atoms with E-state index in [1.807, 2.05) is 0 Å². The molecule has 1 aliphatic heterocycles. The summed E-state index contributed by atoms with van der Waals surface area (Å²) < 4.78 is 0. The Morgan fingerprint density at radius 1 is 1.45 bits per heavy atom. The minimum Gasteiger partial charge on any atom is -0.306 e. The Labute approximate surface area is 78.3 Å². The van der Waals surface area contributed by atoms with Gasteiger partial charge in [0.15, 0.2) is 0 Å². The minimum atomic E-state index is -0.159. The van der Waals surface area contributed by atoms with Crippen LogP contribution in [0.5, 0.6) is 0 Å². The maximum Gasteiger partial charge on any atom is 0.224 e. The lowest BCUT2D eigenvalue weighted by molar-refractivity contribution is -0.116. The fourth-order valence-electron chi connectivity index (χ4n) is 1.24. The molecule has 66 valence electrons. The summed E-state index contributed by atoms with van der Waals surface area (Å²) >= 11 is 5.35. The molecule has 2 nitrogen and oxygen atoms in total. The molecule has 1 aliphatic rings. The fourth-order valence-corrected chi connectivity index (χ4v) is 1.45. The first-order valence-corrected chi connectivity index (χ1v) is 3.96. The molecular weight excluding hydrogens is 185 g/mol. The molecule has 11 heavy (non-hydrogen) atoms. The van der Waals surface area contributed by atoms with Crippen LogP contribution in [0.3, 0.4) is 0 Å². The summed E-state index contributed by atoms with van der Waals surface area (Å²) in [5, 5.41) is -0.159. The highest BCUT2D eigenvalue weighted by Crippen LogP contribution is 2.17. The van der Waals surface area contributed by atoms with E-state index in [4.69, 9.17) is 11.6 Å². The SMILES string of the molecule is CN1CCC(C(=O)Cl)CC1.Cl. The lowest BCUT2D eigenvalue weighted by Gasteiger charge is -2.26. The molecule has 1 heterocycles. The molecule has 0 amide bonds. The van der Waals surface area contributed by atoms with E-state index in [1.165, 1.54) is 0 Å². The lowest BCUT2D eigenvalue weighted by Crippen LogP contribution is -2.32. The zero-order chi connectivity index (χ0) is 7.56. The average Bonchev–Trinajstić information content (AvgIpc) is 1.88. The van der Waals surface area contributed by atoms with Crippen molar-refractivity contribution >= 4 is 29.3 Å². The Bertz CT molecular complexity index is 132. The number of halogens is 2. The van der Waals surface area contributed by atoms with E-state index in [-0.39, 0.29) is 23.6 Å². The number of likely N-dealkylation sites (tertiary alicyclic amines) is 1. The van der Waals surface area contributed by atoms with E-state index in [9.17, 15) is 4.79 Å². The first-order chi connectivity index (χ1) is 4.70. The summed E-state index contributed by atoms with van der Waals surface area (Å²) in [6.07, 6.45) is 1.86. The van der Waals surface area contributed by atoms with Gasteiger partial charge in [-0.1, -0.05) is 0 Å². The summed E-state index contributed by atoms with van der Waals surface area (Å²) in [7, 11) is 2.06. The van der Waals surface area contributed by atoms with Crippen molar-refractivity contribution in [2.45, 2.75) is 12.8 Å². The third-order valence-electron chi connectivity index (χ3n) is 2.04. The monoisotopic (exact) mass is 197 g/mol. The number of piperidine rings is 1. The molecular formula is C7H13Cl2NO. The lowest BCUT2D eigenvalue weighted by atomic mass is 9.99. The summed E-state index contributed by atoms with van der Waals surface area (Å²) in [6, 6.07) is 0. The maximum atomic E-state index is 10.7. The fraction of sp³-hybridized carbons (Fsp3) is 0.857. The van der Waals surface area contributed by atoms with Gasteiger partial charge < -0.3 is 4.90 Å². The molecule has 0 aromatic rings. The number of carbonyl (C=O) groups excluding carboxylic acids is 1. The smallest absolute Gasteiger partial charge is 0.224 e. The van der Waals surface area contributed by atoms with Gasteiger partial charge in [-0.05, 0) is 44.6 Å². The molecule has 0 aromatic heterocycles. The molecule has 0 bridgehead atoms. The molecule has 1 saturated heterocycles. The van der Waals surface area contributed by atoms with Gasteiger partial charge in [-0.3, -0.25) is 4.79 Å². The highest BCUT2D eigenvalue weighted by molar-refractivity contribution is 6.63. The van der Waals surface area contributed by atoms with Gasteiger partial charge in [-0.25, -0.2) is 0 Å². The third-order valence-corrected chi connectivity index (χ3v) is 2.35. The van der Waals surface area contributed by atoms with Crippen LogP contribution in [0.2, 0.25) is 0 Å². The van der Waals surface area contributed by atoms with Crippen LogP contribution in [-0.4, -0.2) is 30.3 Å². The van der Waals surface area contributed by atoms with Crippen LogP contribution in [0.1, 0.15) is 12.8 Å². The molecule has 0 N–H and O–H groups in total. The van der Waals surface area contributed by atoms with E-state index < -0.39 is 0 Å². The molecule has 0 spiro atoms. The predicted octanol–water partition coefficient (Wildman–Crippen LogP) is 1.52. The van der Waals surface area contributed by atoms with Crippen molar-refractivity contribution in [1.29, 1.82) is 0 Å². The minimum absolute atomic E-state index is 0. The first kappa shape index (κ1) is 11.2. The van der Waals surface area contributed by atoms with Crippen LogP contribution >= 0.6 is 24.0 Å². The highest BCUT2D eigenvalue weighted by Gasteiger charge is 2.21. The number of rotatable bonds is 1. The predicted molar refractivity (Wildman–Crippen MR) is 48.3 cm³/mol. The topological polar surface area (TPSA) is 20.3 Å². The molecule has 0 radical (unpaired) electrons. The largest absolute Gasteiger partial charge is 0.306 e. The average molecular weight is 198 g/mol. The number of hydrogen-bond acceptors (Lipinski definition) is 2. The summed E-state index contributed by atoms with van der Waals surface area (Å²) in [5.74, 6) is 0.123. The van der Waals surface area contributed by atoms with Crippen molar-refractivity contribution < 1.29 is 4.79 Å². The summed E-state index contributed by atoms with van der Waals surface area (Å²) in [6.45, 7) is 2.01. The number of hydrogen-bond donors (Lipinski definition) is 0. The van der Waals surface area contributed by atoms with Crippen molar-refractivity contribution in [3.05, 3.63) is 0 Å². The van der Waals surface area contributed by atoms with Crippen molar-refractivity contribution in [3.63, 3.8) is 0 Å². The molecule has 0 saturated carbocycles. The molecule has 0 aliphatic carbocycles. The van der Waals surface area contributed by atoms with Gasteiger partial charge >= 0.3 is 0 Å². The van der Waals surface area contributed by atoms with Crippen LogP contribution in [0.4, 0.5) is 0 Å². The molecule has 0 atom stereocenters. The summed E-state index contributed by atoms with van der Waals surface area (Å²) in [5.41, 5.74) is 0. The van der Waals surface area contributed by atoms with Crippen LogP contribution in [0, 0.1) is 5.92 Å². The molecule has 4 heteroatoms. The van der Waals surface area contributed by atoms with Crippen molar-refractivity contribution in [2.75, 3.05) is 20.1 Å². The van der Waals surface area contributed by atoms with Crippen LogP contribution in [0.25, 0.3) is 0 Å². The molecule has 1 fully saturated rings. The molecule has 0 unspecified atom stereocenters. The molecule has 0 aromatic carbocycles.